The number of allylic oxidation sites excluding steroid dienone is 1. The number of carbonyl (C=O) groups is 1. The average Bonchev–Trinajstić information content (AvgIpc) is 2.52. The van der Waals surface area contributed by atoms with Crippen LogP contribution in [0.5, 0.6) is 0 Å². The summed E-state index contributed by atoms with van der Waals surface area (Å²) in [5.41, 5.74) is 1.51. The van der Waals surface area contributed by atoms with Crippen LogP contribution in [0.15, 0.2) is 11.0 Å². The minimum atomic E-state index is 0.737. The molecular weight excluding hydrogens is 160 g/mol. The first kappa shape index (κ1) is 8.07. The Kier molecular flexibility index (Phi) is 2.92. The van der Waals surface area contributed by atoms with Gasteiger partial charge in [0.1, 0.15) is 6.29 Å². The van der Waals surface area contributed by atoms with Crippen LogP contribution in [0.2, 0.25) is 0 Å². The summed E-state index contributed by atoms with van der Waals surface area (Å²) in [5, 5.41) is 5.59. The molecule has 0 aliphatic heterocycles. The Bertz CT molecular complexity index is 253. The van der Waals surface area contributed by atoms with Crippen molar-refractivity contribution in [3.8, 4) is 0 Å². The van der Waals surface area contributed by atoms with Gasteiger partial charge in [0.15, 0.2) is 0 Å². The van der Waals surface area contributed by atoms with Gasteiger partial charge >= 0.3 is 0 Å². The van der Waals surface area contributed by atoms with E-state index in [0.29, 0.717) is 0 Å². The first-order valence-corrected chi connectivity index (χ1v) is 4.13. The van der Waals surface area contributed by atoms with Crippen LogP contribution in [0.1, 0.15) is 19.0 Å². The molecule has 0 fully saturated rings. The minimum absolute atomic E-state index is 0.737. The molecule has 11 heavy (non-hydrogen) atoms. The molecule has 0 bridgehead atoms. The number of aldehydes is 1. The van der Waals surface area contributed by atoms with Crippen molar-refractivity contribution < 1.29 is 4.79 Å². The van der Waals surface area contributed by atoms with Crippen molar-refractivity contribution >= 4 is 23.9 Å². The molecular formula is C7H8N2OS. The summed E-state index contributed by atoms with van der Waals surface area (Å²) in [6.07, 6.45) is 3.33. The molecule has 0 aliphatic carbocycles. The number of hydrogen-bond acceptors (Lipinski definition) is 4. The zero-order valence-electron chi connectivity index (χ0n) is 6.15. The second-order valence-corrected chi connectivity index (χ2v) is 2.63. The number of rotatable bonds is 3. The van der Waals surface area contributed by atoms with E-state index in [1.165, 1.54) is 11.5 Å². The molecule has 1 rings (SSSR count). The van der Waals surface area contributed by atoms with Gasteiger partial charge in [0, 0.05) is 5.38 Å². The van der Waals surface area contributed by atoms with E-state index >= 15 is 0 Å². The number of nitrogens with zero attached hydrogens (tertiary/aromatic N) is 2. The molecule has 1 aromatic rings. The molecule has 4 heteroatoms. The maximum Gasteiger partial charge on any atom is 0.146 e. The predicted octanol–water partition coefficient (Wildman–Crippen LogP) is 1.53. The summed E-state index contributed by atoms with van der Waals surface area (Å²) in [4.78, 5) is 10.3. The normalized spacial score (nSPS) is 11.5. The Morgan fingerprint density at radius 2 is 2.64 bits per heavy atom. The molecule has 0 N–H and O–H groups in total. The highest BCUT2D eigenvalue weighted by atomic mass is 32.1. The van der Waals surface area contributed by atoms with Crippen LogP contribution in [0.25, 0.3) is 6.08 Å². The third kappa shape index (κ3) is 2.23. The van der Waals surface area contributed by atoms with Crippen LogP contribution in [-0.4, -0.2) is 15.9 Å². The van der Waals surface area contributed by atoms with Crippen molar-refractivity contribution in [1.82, 2.24) is 9.59 Å². The summed E-state index contributed by atoms with van der Waals surface area (Å²) >= 11 is 1.28. The molecule has 1 aromatic heterocycles. The van der Waals surface area contributed by atoms with E-state index in [1.54, 1.807) is 11.5 Å². The van der Waals surface area contributed by atoms with Crippen molar-refractivity contribution in [2.75, 3.05) is 0 Å². The fourth-order valence-corrected chi connectivity index (χ4v) is 1.06. The van der Waals surface area contributed by atoms with Gasteiger partial charge in [-0.05, 0) is 29.6 Å². The third-order valence-electron chi connectivity index (χ3n) is 1.27. The highest BCUT2D eigenvalue weighted by molar-refractivity contribution is 7.03. The number of hydrogen-bond donors (Lipinski definition) is 0. The molecule has 0 radical (unpaired) electrons. The first-order chi connectivity index (χ1) is 5.36. The maximum absolute atomic E-state index is 10.3. The lowest BCUT2D eigenvalue weighted by atomic mass is 10.2. The van der Waals surface area contributed by atoms with Crippen LogP contribution in [-0.2, 0) is 4.79 Å². The lowest BCUT2D eigenvalue weighted by Crippen LogP contribution is -1.82. The Morgan fingerprint density at radius 1 is 1.82 bits per heavy atom. The molecule has 1 heterocycles. The van der Waals surface area contributed by atoms with Gasteiger partial charge in [-0.25, -0.2) is 0 Å². The van der Waals surface area contributed by atoms with Gasteiger partial charge in [-0.3, -0.25) is 4.79 Å². The Morgan fingerprint density at radius 3 is 3.09 bits per heavy atom. The molecule has 58 valence electrons. The fraction of sp³-hybridized carbons (Fsp3) is 0.286. The topological polar surface area (TPSA) is 42.9 Å². The molecule has 0 amide bonds. The van der Waals surface area contributed by atoms with Crippen LogP contribution in [0.4, 0.5) is 0 Å². The Labute approximate surface area is 68.9 Å². The lowest BCUT2D eigenvalue weighted by molar-refractivity contribution is -0.104. The molecule has 0 saturated carbocycles. The molecule has 3 nitrogen and oxygen atoms in total. The lowest BCUT2D eigenvalue weighted by Gasteiger charge is -1.88. The van der Waals surface area contributed by atoms with Gasteiger partial charge < -0.3 is 0 Å². The van der Waals surface area contributed by atoms with Gasteiger partial charge in [-0.2, -0.15) is 0 Å². The smallest absolute Gasteiger partial charge is 0.146 e. The van der Waals surface area contributed by atoms with Crippen molar-refractivity contribution in [1.29, 1.82) is 0 Å². The average molecular weight is 168 g/mol. The summed E-state index contributed by atoms with van der Waals surface area (Å²) in [5.74, 6) is 0. The summed E-state index contributed by atoms with van der Waals surface area (Å²) in [7, 11) is 0. The highest BCUT2D eigenvalue weighted by Crippen LogP contribution is 2.05. The van der Waals surface area contributed by atoms with Crippen LogP contribution < -0.4 is 0 Å². The van der Waals surface area contributed by atoms with Gasteiger partial charge in [-0.1, -0.05) is 11.4 Å². The van der Waals surface area contributed by atoms with E-state index in [1.807, 2.05) is 6.92 Å². The van der Waals surface area contributed by atoms with Gasteiger partial charge in [0.25, 0.3) is 0 Å². The summed E-state index contributed by atoms with van der Waals surface area (Å²) in [6.45, 7) is 1.93. The molecule has 0 atom stereocenters. The van der Waals surface area contributed by atoms with E-state index in [4.69, 9.17) is 0 Å². The van der Waals surface area contributed by atoms with Crippen molar-refractivity contribution in [3.05, 3.63) is 16.6 Å². The van der Waals surface area contributed by atoms with Crippen LogP contribution in [0.3, 0.4) is 0 Å². The zero-order valence-corrected chi connectivity index (χ0v) is 6.97. The Hall–Kier alpha value is -1.03. The largest absolute Gasteiger partial charge is 0.298 e. The summed E-state index contributed by atoms with van der Waals surface area (Å²) < 4.78 is 3.67. The minimum Gasteiger partial charge on any atom is -0.298 e. The molecule has 0 unspecified atom stereocenters. The number of carbonyl (C=O) groups excluding carboxylic acids is 1. The standard InChI is InChI=1S/C7H8N2OS/c1-2-6(4-10)3-7-5-11-9-8-7/h3-5H,2H2,1H3/b6-3+. The maximum atomic E-state index is 10.3. The van der Waals surface area contributed by atoms with Gasteiger partial charge in [0.2, 0.25) is 0 Å². The van der Waals surface area contributed by atoms with Crippen molar-refractivity contribution in [2.24, 2.45) is 0 Å². The van der Waals surface area contributed by atoms with Crippen molar-refractivity contribution in [3.63, 3.8) is 0 Å². The molecule has 0 aromatic carbocycles. The van der Waals surface area contributed by atoms with Crippen LogP contribution in [0, 0.1) is 0 Å². The third-order valence-corrected chi connectivity index (χ3v) is 1.79. The predicted molar refractivity (Wildman–Crippen MR) is 44.2 cm³/mol. The highest BCUT2D eigenvalue weighted by Gasteiger charge is 1.94. The van der Waals surface area contributed by atoms with E-state index in [9.17, 15) is 4.79 Å². The monoisotopic (exact) mass is 168 g/mol. The first-order valence-electron chi connectivity index (χ1n) is 3.29. The second kappa shape index (κ2) is 3.98. The molecule has 0 aliphatic rings. The molecule has 0 spiro atoms. The summed E-state index contributed by atoms with van der Waals surface area (Å²) in [6, 6.07) is 0. The van der Waals surface area contributed by atoms with Crippen molar-refractivity contribution in [2.45, 2.75) is 13.3 Å². The van der Waals surface area contributed by atoms with E-state index in [2.05, 4.69) is 9.59 Å². The quantitative estimate of drug-likeness (QED) is 0.507. The SMILES string of the molecule is CC/C(C=O)=C\c1csnn1. The Balaban J connectivity index is 2.79. The van der Waals surface area contributed by atoms with E-state index < -0.39 is 0 Å². The van der Waals surface area contributed by atoms with E-state index in [-0.39, 0.29) is 0 Å². The molecule has 0 saturated heterocycles. The number of aromatic nitrogens is 2. The van der Waals surface area contributed by atoms with Gasteiger partial charge in [0.05, 0.1) is 5.69 Å². The zero-order chi connectivity index (χ0) is 8.10. The van der Waals surface area contributed by atoms with Gasteiger partial charge in [-0.15, -0.1) is 5.10 Å². The van der Waals surface area contributed by atoms with E-state index in [0.717, 1.165) is 24.0 Å². The second-order valence-electron chi connectivity index (χ2n) is 2.02. The fourth-order valence-electron chi connectivity index (χ4n) is 0.644. The van der Waals surface area contributed by atoms with Crippen LogP contribution >= 0.6 is 11.5 Å².